The number of hydrogen-bond acceptors (Lipinski definition) is 4. The monoisotopic (exact) mass is 517 g/mol. The summed E-state index contributed by atoms with van der Waals surface area (Å²) in [6.07, 6.45) is 1.99. The zero-order chi connectivity index (χ0) is 19.7. The van der Waals surface area contributed by atoms with Gasteiger partial charge in [0, 0.05) is 26.9 Å². The summed E-state index contributed by atoms with van der Waals surface area (Å²) in [4.78, 5) is 6.64. The molecule has 0 aromatic heterocycles. The highest BCUT2D eigenvalue weighted by atomic mass is 127. The smallest absolute Gasteiger partial charge is 0.193 e. The molecule has 0 saturated carbocycles. The van der Waals surface area contributed by atoms with E-state index in [0.717, 1.165) is 23.7 Å². The molecule has 0 fully saturated rings. The molecule has 0 radical (unpaired) electrons. The summed E-state index contributed by atoms with van der Waals surface area (Å²) in [6.45, 7) is 1.97. The van der Waals surface area contributed by atoms with Crippen LogP contribution in [0.3, 0.4) is 0 Å². The Morgan fingerprint density at radius 3 is 2.32 bits per heavy atom. The number of rotatable bonds is 8. The normalized spacial score (nSPS) is 11.5. The van der Waals surface area contributed by atoms with Gasteiger partial charge in [-0.25, -0.2) is 8.42 Å². The van der Waals surface area contributed by atoms with Crippen molar-refractivity contribution in [1.29, 1.82) is 0 Å². The van der Waals surface area contributed by atoms with Crippen molar-refractivity contribution in [3.8, 4) is 5.75 Å². The lowest BCUT2D eigenvalue weighted by molar-refractivity contribution is 0.281. The average molecular weight is 517 g/mol. The van der Waals surface area contributed by atoms with E-state index in [2.05, 4.69) is 10.3 Å². The number of nitrogens with one attached hydrogen (secondary N) is 1. The Bertz CT molecular complexity index is 841. The van der Waals surface area contributed by atoms with Crippen molar-refractivity contribution >= 4 is 39.8 Å². The first kappa shape index (κ1) is 24.2. The van der Waals surface area contributed by atoms with Gasteiger partial charge in [0.2, 0.25) is 0 Å². The summed E-state index contributed by atoms with van der Waals surface area (Å²) >= 11 is 0. The molecule has 8 heteroatoms. The number of likely N-dealkylation sites (N-methyl/N-ethyl adjacent to an activating group) is 1. The molecule has 2 aromatic carbocycles. The number of hydrogen-bond donors (Lipinski definition) is 1. The van der Waals surface area contributed by atoms with E-state index < -0.39 is 9.84 Å². The summed E-state index contributed by atoms with van der Waals surface area (Å²) in [5, 5.41) is 3.31. The zero-order valence-corrected chi connectivity index (χ0v) is 19.6. The van der Waals surface area contributed by atoms with Crippen molar-refractivity contribution in [2.45, 2.75) is 11.3 Å². The predicted molar refractivity (Wildman–Crippen MR) is 125 cm³/mol. The van der Waals surface area contributed by atoms with E-state index in [1.54, 1.807) is 19.2 Å². The van der Waals surface area contributed by atoms with E-state index in [0.29, 0.717) is 24.6 Å². The molecule has 0 saturated heterocycles. The number of halogens is 1. The average Bonchev–Trinajstić information content (AvgIpc) is 2.65. The van der Waals surface area contributed by atoms with Gasteiger partial charge in [0.05, 0.1) is 11.4 Å². The van der Waals surface area contributed by atoms with Crippen molar-refractivity contribution in [1.82, 2.24) is 10.2 Å². The summed E-state index contributed by atoms with van der Waals surface area (Å²) in [5.74, 6) is 1.64. The molecule has 0 aliphatic rings. The molecule has 2 aromatic rings. The highest BCUT2D eigenvalue weighted by molar-refractivity contribution is 14.0. The minimum atomic E-state index is -3.15. The van der Waals surface area contributed by atoms with E-state index in [1.165, 1.54) is 6.26 Å². The number of sulfone groups is 1. The first-order valence-electron chi connectivity index (χ1n) is 8.79. The summed E-state index contributed by atoms with van der Waals surface area (Å²) < 4.78 is 28.7. The second kappa shape index (κ2) is 11.9. The number of nitrogens with zero attached hydrogens (tertiary/aromatic N) is 2. The van der Waals surface area contributed by atoms with E-state index in [9.17, 15) is 8.42 Å². The van der Waals surface area contributed by atoms with Gasteiger partial charge in [-0.1, -0.05) is 30.3 Å². The first-order valence-corrected chi connectivity index (χ1v) is 10.7. The molecule has 0 atom stereocenters. The molecule has 0 aliphatic heterocycles. The van der Waals surface area contributed by atoms with Gasteiger partial charge < -0.3 is 15.0 Å². The van der Waals surface area contributed by atoms with Crippen molar-refractivity contribution in [3.63, 3.8) is 0 Å². The van der Waals surface area contributed by atoms with Crippen molar-refractivity contribution in [3.05, 3.63) is 60.2 Å². The minimum Gasteiger partial charge on any atom is -0.492 e. The van der Waals surface area contributed by atoms with E-state index in [-0.39, 0.29) is 24.0 Å². The lowest BCUT2D eigenvalue weighted by Gasteiger charge is -2.22. The van der Waals surface area contributed by atoms with Crippen molar-refractivity contribution in [2.75, 3.05) is 40.0 Å². The number of benzene rings is 2. The molecule has 0 bridgehead atoms. The Hall–Kier alpha value is -1.81. The molecular weight excluding hydrogens is 489 g/mol. The number of para-hydroxylation sites is 1. The van der Waals surface area contributed by atoms with Gasteiger partial charge in [-0.15, -0.1) is 24.0 Å². The van der Waals surface area contributed by atoms with Crippen molar-refractivity contribution < 1.29 is 13.2 Å². The number of ether oxygens (including phenoxy) is 1. The molecule has 0 unspecified atom stereocenters. The Kier molecular flexibility index (Phi) is 10.3. The molecule has 154 valence electrons. The van der Waals surface area contributed by atoms with E-state index >= 15 is 0 Å². The minimum absolute atomic E-state index is 0. The fourth-order valence-corrected chi connectivity index (χ4v) is 3.16. The highest BCUT2D eigenvalue weighted by Gasteiger charge is 2.07. The Morgan fingerprint density at radius 1 is 1.11 bits per heavy atom. The molecule has 0 heterocycles. The largest absolute Gasteiger partial charge is 0.492 e. The highest BCUT2D eigenvalue weighted by Crippen LogP contribution is 2.10. The summed E-state index contributed by atoms with van der Waals surface area (Å²) in [5.41, 5.74) is 1.07. The van der Waals surface area contributed by atoms with Crippen LogP contribution in [-0.4, -0.2) is 59.3 Å². The SMILES string of the molecule is CN=C(NCCc1ccc(S(C)(=O)=O)cc1)N(C)CCOc1ccccc1.I. The predicted octanol–water partition coefficient (Wildman–Crippen LogP) is 2.84. The molecule has 28 heavy (non-hydrogen) atoms. The fraction of sp³-hybridized carbons (Fsp3) is 0.350. The first-order chi connectivity index (χ1) is 12.9. The van der Waals surface area contributed by atoms with Crippen LogP contribution in [0.4, 0.5) is 0 Å². The maximum Gasteiger partial charge on any atom is 0.193 e. The van der Waals surface area contributed by atoms with Crippen LogP contribution in [-0.2, 0) is 16.3 Å². The Morgan fingerprint density at radius 2 is 1.75 bits per heavy atom. The lowest BCUT2D eigenvalue weighted by Crippen LogP contribution is -2.41. The second-order valence-electron chi connectivity index (χ2n) is 6.22. The third-order valence-electron chi connectivity index (χ3n) is 4.06. The third-order valence-corrected chi connectivity index (χ3v) is 5.19. The van der Waals surface area contributed by atoms with Gasteiger partial charge in [-0.2, -0.15) is 0 Å². The van der Waals surface area contributed by atoms with Crippen molar-refractivity contribution in [2.24, 2.45) is 4.99 Å². The van der Waals surface area contributed by atoms with E-state index in [4.69, 9.17) is 4.74 Å². The Balaban J connectivity index is 0.00000392. The van der Waals surface area contributed by atoms with Crippen LogP contribution >= 0.6 is 24.0 Å². The molecular formula is C20H28IN3O3S. The van der Waals surface area contributed by atoms with Crippen LogP contribution in [0.15, 0.2) is 64.5 Å². The summed E-state index contributed by atoms with van der Waals surface area (Å²) in [7, 11) is 0.560. The third kappa shape index (κ3) is 8.05. The maximum atomic E-state index is 11.5. The van der Waals surface area contributed by atoms with Gasteiger partial charge in [-0.3, -0.25) is 4.99 Å². The van der Waals surface area contributed by atoms with Crippen LogP contribution in [0.1, 0.15) is 5.56 Å². The van der Waals surface area contributed by atoms with Gasteiger partial charge in [0.25, 0.3) is 0 Å². The van der Waals surface area contributed by atoms with Crippen LogP contribution < -0.4 is 10.1 Å². The van der Waals surface area contributed by atoms with Gasteiger partial charge >= 0.3 is 0 Å². The van der Waals surface area contributed by atoms with Crippen LogP contribution in [0.2, 0.25) is 0 Å². The summed E-state index contributed by atoms with van der Waals surface area (Å²) in [6, 6.07) is 16.7. The van der Waals surface area contributed by atoms with Gasteiger partial charge in [-0.05, 0) is 36.2 Å². The Labute approximate surface area is 184 Å². The molecule has 1 N–H and O–H groups in total. The van der Waals surface area contributed by atoms with Crippen LogP contribution in [0.25, 0.3) is 0 Å². The van der Waals surface area contributed by atoms with Gasteiger partial charge in [0.15, 0.2) is 15.8 Å². The molecule has 6 nitrogen and oxygen atoms in total. The van der Waals surface area contributed by atoms with E-state index in [1.807, 2.05) is 54.4 Å². The maximum absolute atomic E-state index is 11.5. The fourth-order valence-electron chi connectivity index (χ4n) is 2.53. The number of guanidine groups is 1. The number of aliphatic imine (C=N–C) groups is 1. The zero-order valence-electron chi connectivity index (χ0n) is 16.5. The van der Waals surface area contributed by atoms with Crippen LogP contribution in [0.5, 0.6) is 5.75 Å². The molecule has 0 spiro atoms. The van der Waals surface area contributed by atoms with Gasteiger partial charge in [0.1, 0.15) is 12.4 Å². The molecule has 0 amide bonds. The molecule has 0 aliphatic carbocycles. The topological polar surface area (TPSA) is 71.0 Å². The second-order valence-corrected chi connectivity index (χ2v) is 8.24. The quantitative estimate of drug-likeness (QED) is 0.332. The lowest BCUT2D eigenvalue weighted by atomic mass is 10.1. The molecule has 2 rings (SSSR count). The van der Waals surface area contributed by atoms with Crippen LogP contribution in [0, 0.1) is 0 Å². The standard InChI is InChI=1S/C20H27N3O3S.HI/c1-21-20(23(2)15-16-26-18-7-5-4-6-8-18)22-14-13-17-9-11-19(12-10-17)27(3,24)25;/h4-12H,13-16H2,1-3H3,(H,21,22);1H.